The summed E-state index contributed by atoms with van der Waals surface area (Å²) >= 11 is 0. The number of hydrogen-bond acceptors (Lipinski definition) is 4. The molecule has 1 N–H and O–H groups in total. The van der Waals surface area contributed by atoms with Crippen LogP contribution in [0.4, 0.5) is 5.69 Å². The number of amides is 1. The first-order valence-corrected chi connectivity index (χ1v) is 10.7. The van der Waals surface area contributed by atoms with Crippen molar-refractivity contribution in [1.82, 2.24) is 4.31 Å². The highest BCUT2D eigenvalue weighted by Crippen LogP contribution is 2.24. The molecule has 7 heteroatoms. The zero-order valence-corrected chi connectivity index (χ0v) is 16.1. The van der Waals surface area contributed by atoms with Crippen LogP contribution in [-0.2, 0) is 14.8 Å². The molecule has 1 aliphatic heterocycles. The van der Waals surface area contributed by atoms with Crippen molar-refractivity contribution in [3.8, 4) is 11.5 Å². The average molecular weight is 388 g/mol. The van der Waals surface area contributed by atoms with E-state index < -0.39 is 10.0 Å². The van der Waals surface area contributed by atoms with Gasteiger partial charge < -0.3 is 10.1 Å². The van der Waals surface area contributed by atoms with Gasteiger partial charge in [-0.3, -0.25) is 4.79 Å². The van der Waals surface area contributed by atoms with Crippen molar-refractivity contribution in [2.24, 2.45) is 5.92 Å². The number of sulfonamides is 1. The normalized spacial score (nSPS) is 18.0. The quantitative estimate of drug-likeness (QED) is 0.822. The third-order valence-electron chi connectivity index (χ3n) is 4.61. The summed E-state index contributed by atoms with van der Waals surface area (Å²) in [5.41, 5.74) is 0.663. The van der Waals surface area contributed by atoms with Gasteiger partial charge in [0, 0.05) is 18.8 Å². The number of hydrogen-bond donors (Lipinski definition) is 1. The van der Waals surface area contributed by atoms with Gasteiger partial charge in [0.05, 0.1) is 11.7 Å². The average Bonchev–Trinajstić information content (AvgIpc) is 2.70. The lowest BCUT2D eigenvalue weighted by Gasteiger charge is -2.30. The van der Waals surface area contributed by atoms with E-state index in [0.29, 0.717) is 30.8 Å². The maximum absolute atomic E-state index is 12.5. The van der Waals surface area contributed by atoms with Gasteiger partial charge in [-0.15, -0.1) is 0 Å². The number of nitrogens with one attached hydrogen (secondary N) is 1. The van der Waals surface area contributed by atoms with Crippen molar-refractivity contribution in [2.45, 2.75) is 19.8 Å². The molecule has 27 heavy (non-hydrogen) atoms. The van der Waals surface area contributed by atoms with E-state index in [1.54, 1.807) is 31.2 Å². The highest BCUT2D eigenvalue weighted by Gasteiger charge is 2.31. The van der Waals surface area contributed by atoms with E-state index >= 15 is 0 Å². The van der Waals surface area contributed by atoms with Gasteiger partial charge in [0.1, 0.15) is 11.5 Å². The Morgan fingerprint density at radius 2 is 1.78 bits per heavy atom. The third-order valence-corrected chi connectivity index (χ3v) is 6.46. The molecule has 0 unspecified atom stereocenters. The molecule has 0 radical (unpaired) electrons. The molecule has 0 spiro atoms. The Morgan fingerprint density at radius 1 is 1.11 bits per heavy atom. The second kappa shape index (κ2) is 8.54. The highest BCUT2D eigenvalue weighted by atomic mass is 32.2. The minimum atomic E-state index is -3.26. The molecule has 3 rings (SSSR count). The van der Waals surface area contributed by atoms with Crippen molar-refractivity contribution < 1.29 is 17.9 Å². The Kier molecular flexibility index (Phi) is 6.13. The molecule has 2 aromatic carbocycles. The number of rotatable bonds is 6. The first-order valence-electron chi connectivity index (χ1n) is 9.09. The predicted octanol–water partition coefficient (Wildman–Crippen LogP) is 3.48. The Balaban J connectivity index is 1.59. The lowest BCUT2D eigenvalue weighted by molar-refractivity contribution is -0.120. The fourth-order valence-electron chi connectivity index (χ4n) is 3.07. The van der Waals surface area contributed by atoms with Crippen molar-refractivity contribution in [1.29, 1.82) is 0 Å². The van der Waals surface area contributed by atoms with E-state index in [2.05, 4.69) is 5.32 Å². The van der Waals surface area contributed by atoms with E-state index in [0.717, 1.165) is 5.75 Å². The summed E-state index contributed by atoms with van der Waals surface area (Å²) < 4.78 is 31.3. The van der Waals surface area contributed by atoms with Crippen LogP contribution in [0.25, 0.3) is 0 Å². The smallest absolute Gasteiger partial charge is 0.228 e. The fourth-order valence-corrected chi connectivity index (χ4v) is 4.25. The van der Waals surface area contributed by atoms with E-state index in [9.17, 15) is 13.2 Å². The summed E-state index contributed by atoms with van der Waals surface area (Å²) in [5, 5.41) is 2.88. The van der Waals surface area contributed by atoms with E-state index in [1.807, 2.05) is 30.3 Å². The topological polar surface area (TPSA) is 75.7 Å². The summed E-state index contributed by atoms with van der Waals surface area (Å²) in [5.74, 6) is 0.998. The van der Waals surface area contributed by atoms with Gasteiger partial charge >= 0.3 is 0 Å². The van der Waals surface area contributed by atoms with Gasteiger partial charge in [-0.25, -0.2) is 12.7 Å². The minimum absolute atomic E-state index is 0.0597. The van der Waals surface area contributed by atoms with Crippen molar-refractivity contribution in [2.75, 3.05) is 24.2 Å². The maximum Gasteiger partial charge on any atom is 0.228 e. The van der Waals surface area contributed by atoms with Gasteiger partial charge in [-0.05, 0) is 56.2 Å². The number of para-hydroxylation sites is 1. The molecule has 1 saturated heterocycles. The Hall–Kier alpha value is -2.38. The lowest BCUT2D eigenvalue weighted by atomic mass is 9.99. The molecule has 0 aliphatic carbocycles. The Labute approximate surface area is 160 Å². The highest BCUT2D eigenvalue weighted by molar-refractivity contribution is 7.89. The zero-order chi connectivity index (χ0) is 19.3. The molecule has 6 nitrogen and oxygen atoms in total. The van der Waals surface area contributed by atoms with Gasteiger partial charge in [0.2, 0.25) is 15.9 Å². The Bertz CT molecular complexity index is 867. The van der Waals surface area contributed by atoms with Crippen LogP contribution in [0.1, 0.15) is 19.8 Å². The monoisotopic (exact) mass is 388 g/mol. The van der Waals surface area contributed by atoms with Crippen LogP contribution < -0.4 is 10.1 Å². The molecule has 1 atom stereocenters. The van der Waals surface area contributed by atoms with E-state index in [4.69, 9.17) is 4.74 Å². The molecule has 0 bridgehead atoms. The second-order valence-corrected chi connectivity index (χ2v) is 8.78. The number of ether oxygens (including phenoxy) is 1. The first kappa shape index (κ1) is 19.4. The van der Waals surface area contributed by atoms with Crippen LogP contribution in [0.15, 0.2) is 54.6 Å². The summed E-state index contributed by atoms with van der Waals surface area (Å²) in [6, 6.07) is 16.6. The van der Waals surface area contributed by atoms with Crippen LogP contribution in [-0.4, -0.2) is 37.5 Å². The van der Waals surface area contributed by atoms with Crippen LogP contribution in [0.5, 0.6) is 11.5 Å². The minimum Gasteiger partial charge on any atom is -0.457 e. The van der Waals surface area contributed by atoms with Crippen LogP contribution >= 0.6 is 0 Å². The summed E-state index contributed by atoms with van der Waals surface area (Å²) in [6.07, 6.45) is 1.39. The summed E-state index contributed by atoms with van der Waals surface area (Å²) in [6.45, 7) is 2.36. The van der Waals surface area contributed by atoms with Crippen molar-refractivity contribution >= 4 is 21.6 Å². The largest absolute Gasteiger partial charge is 0.457 e. The molecular weight excluding hydrogens is 364 g/mol. The maximum atomic E-state index is 12.5. The number of nitrogens with zero attached hydrogens (tertiary/aromatic N) is 1. The van der Waals surface area contributed by atoms with Gasteiger partial charge in [0.25, 0.3) is 0 Å². The second-order valence-electron chi connectivity index (χ2n) is 6.53. The van der Waals surface area contributed by atoms with Crippen LogP contribution in [0.2, 0.25) is 0 Å². The number of carbonyl (C=O) groups is 1. The molecule has 2 aromatic rings. The Morgan fingerprint density at radius 3 is 2.44 bits per heavy atom. The molecule has 1 heterocycles. The number of carbonyl (C=O) groups excluding carboxylic acids is 1. The first-order chi connectivity index (χ1) is 13.0. The number of benzene rings is 2. The fraction of sp³-hybridized carbons (Fsp3) is 0.350. The van der Waals surface area contributed by atoms with Crippen molar-refractivity contribution in [3.05, 3.63) is 54.6 Å². The lowest BCUT2D eigenvalue weighted by Crippen LogP contribution is -2.44. The summed E-state index contributed by atoms with van der Waals surface area (Å²) in [4.78, 5) is 12.5. The molecule has 144 valence electrons. The van der Waals surface area contributed by atoms with Gasteiger partial charge in [-0.2, -0.15) is 0 Å². The standard InChI is InChI=1S/C20H24N2O4S/c1-2-27(24,25)22-14-6-7-16(15-22)20(23)21-17-10-12-19(13-11-17)26-18-8-4-3-5-9-18/h3-5,8-13,16H,2,6-7,14-15H2,1H3,(H,21,23)/t16-/m1/s1. The molecular formula is C20H24N2O4S. The van der Waals surface area contributed by atoms with Gasteiger partial charge in [-0.1, -0.05) is 18.2 Å². The summed E-state index contributed by atoms with van der Waals surface area (Å²) in [7, 11) is -3.26. The van der Waals surface area contributed by atoms with Crippen LogP contribution in [0, 0.1) is 5.92 Å². The molecule has 0 saturated carbocycles. The van der Waals surface area contributed by atoms with E-state index in [-0.39, 0.29) is 24.1 Å². The molecule has 1 amide bonds. The predicted molar refractivity (Wildman–Crippen MR) is 105 cm³/mol. The molecule has 0 aromatic heterocycles. The molecule has 1 fully saturated rings. The number of piperidine rings is 1. The van der Waals surface area contributed by atoms with Crippen LogP contribution in [0.3, 0.4) is 0 Å². The van der Waals surface area contributed by atoms with E-state index in [1.165, 1.54) is 4.31 Å². The zero-order valence-electron chi connectivity index (χ0n) is 15.3. The third kappa shape index (κ3) is 5.08. The van der Waals surface area contributed by atoms with Crippen molar-refractivity contribution in [3.63, 3.8) is 0 Å². The SMILES string of the molecule is CCS(=O)(=O)N1CCC[C@@H](C(=O)Nc2ccc(Oc3ccccc3)cc2)C1. The molecule has 1 aliphatic rings. The number of anilines is 1. The van der Waals surface area contributed by atoms with Gasteiger partial charge in [0.15, 0.2) is 0 Å².